The molecular weight excluding hydrogens is 176 g/mol. The minimum atomic E-state index is 0.311. The van der Waals surface area contributed by atoms with Gasteiger partial charge in [-0.05, 0) is 19.0 Å². The van der Waals surface area contributed by atoms with Crippen molar-refractivity contribution >= 4 is 0 Å². The zero-order valence-corrected chi connectivity index (χ0v) is 8.44. The summed E-state index contributed by atoms with van der Waals surface area (Å²) in [7, 11) is 0. The summed E-state index contributed by atoms with van der Waals surface area (Å²) in [5, 5.41) is 3.35. The maximum Gasteiger partial charge on any atom is 0.213 e. The molecule has 1 aliphatic rings. The number of aromatic nitrogens is 1. The van der Waals surface area contributed by atoms with Crippen LogP contribution in [0.3, 0.4) is 0 Å². The number of hydrogen-bond donors (Lipinski definition) is 1. The van der Waals surface area contributed by atoms with Gasteiger partial charge in [0.15, 0.2) is 0 Å². The van der Waals surface area contributed by atoms with E-state index < -0.39 is 0 Å². The first-order valence-corrected chi connectivity index (χ1v) is 5.14. The zero-order chi connectivity index (χ0) is 9.80. The van der Waals surface area contributed by atoms with E-state index in [0.717, 1.165) is 25.4 Å². The van der Waals surface area contributed by atoms with Gasteiger partial charge in [-0.2, -0.15) is 0 Å². The van der Waals surface area contributed by atoms with Crippen molar-refractivity contribution in [3.05, 3.63) is 24.4 Å². The molecule has 1 aliphatic heterocycles. The fraction of sp³-hybridized carbons (Fsp3) is 0.545. The molecular formula is C11H16N2O. The van der Waals surface area contributed by atoms with Crippen LogP contribution in [0.5, 0.6) is 5.88 Å². The molecule has 0 spiro atoms. The molecule has 0 aromatic carbocycles. The van der Waals surface area contributed by atoms with Crippen LogP contribution >= 0.6 is 0 Å². The van der Waals surface area contributed by atoms with Crippen LogP contribution in [0, 0.1) is 5.92 Å². The van der Waals surface area contributed by atoms with E-state index in [1.807, 2.05) is 18.2 Å². The van der Waals surface area contributed by atoms with Crippen molar-refractivity contribution in [2.75, 3.05) is 13.1 Å². The maximum absolute atomic E-state index is 5.82. The SMILES string of the molecule is C[C@@H]1CNCC[C@H]1Oc1ccccn1. The van der Waals surface area contributed by atoms with Gasteiger partial charge in [-0.15, -0.1) is 0 Å². The van der Waals surface area contributed by atoms with Gasteiger partial charge in [0, 0.05) is 24.7 Å². The molecule has 0 radical (unpaired) electrons. The Labute approximate surface area is 84.5 Å². The van der Waals surface area contributed by atoms with Gasteiger partial charge in [0.2, 0.25) is 5.88 Å². The standard InChI is InChI=1S/C11H16N2O/c1-9-8-12-7-5-10(9)14-11-4-2-3-6-13-11/h2-4,6,9-10,12H,5,7-8H2,1H3/t9-,10-/m1/s1. The Kier molecular flexibility index (Phi) is 2.99. The first-order valence-electron chi connectivity index (χ1n) is 5.14. The molecule has 0 unspecified atom stereocenters. The Hall–Kier alpha value is -1.09. The first-order chi connectivity index (χ1) is 6.86. The molecule has 1 N–H and O–H groups in total. The average Bonchev–Trinajstić information content (AvgIpc) is 2.23. The summed E-state index contributed by atoms with van der Waals surface area (Å²) in [4.78, 5) is 4.16. The molecule has 0 aliphatic carbocycles. The second kappa shape index (κ2) is 4.42. The van der Waals surface area contributed by atoms with Gasteiger partial charge in [0.05, 0.1) is 0 Å². The number of pyridine rings is 1. The van der Waals surface area contributed by atoms with Crippen LogP contribution in [0.15, 0.2) is 24.4 Å². The van der Waals surface area contributed by atoms with Gasteiger partial charge in [0.25, 0.3) is 0 Å². The monoisotopic (exact) mass is 192 g/mol. The number of piperidine rings is 1. The van der Waals surface area contributed by atoms with Gasteiger partial charge in [-0.1, -0.05) is 13.0 Å². The summed E-state index contributed by atoms with van der Waals surface area (Å²) >= 11 is 0. The van der Waals surface area contributed by atoms with E-state index in [1.165, 1.54) is 0 Å². The Morgan fingerprint density at radius 3 is 3.14 bits per heavy atom. The fourth-order valence-corrected chi connectivity index (χ4v) is 1.74. The molecule has 3 nitrogen and oxygen atoms in total. The van der Waals surface area contributed by atoms with Crippen molar-refractivity contribution in [2.24, 2.45) is 5.92 Å². The summed E-state index contributed by atoms with van der Waals surface area (Å²) in [5.74, 6) is 1.30. The summed E-state index contributed by atoms with van der Waals surface area (Å²) in [6, 6.07) is 5.77. The maximum atomic E-state index is 5.82. The molecule has 2 heterocycles. The van der Waals surface area contributed by atoms with E-state index in [4.69, 9.17) is 4.74 Å². The van der Waals surface area contributed by atoms with Gasteiger partial charge in [0.1, 0.15) is 6.10 Å². The smallest absolute Gasteiger partial charge is 0.213 e. The third-order valence-electron chi connectivity index (χ3n) is 2.62. The van der Waals surface area contributed by atoms with E-state index in [2.05, 4.69) is 17.2 Å². The Balaban J connectivity index is 1.96. The van der Waals surface area contributed by atoms with Crippen LogP contribution in [-0.2, 0) is 0 Å². The van der Waals surface area contributed by atoms with Crippen molar-refractivity contribution in [1.82, 2.24) is 10.3 Å². The molecule has 1 saturated heterocycles. The molecule has 1 aromatic heterocycles. The number of hydrogen-bond acceptors (Lipinski definition) is 3. The first kappa shape index (κ1) is 9.46. The molecule has 2 rings (SSSR count). The predicted octanol–water partition coefficient (Wildman–Crippen LogP) is 1.46. The van der Waals surface area contributed by atoms with Crippen molar-refractivity contribution < 1.29 is 4.74 Å². The molecule has 76 valence electrons. The van der Waals surface area contributed by atoms with Crippen molar-refractivity contribution in [3.63, 3.8) is 0 Å². The van der Waals surface area contributed by atoms with Gasteiger partial charge < -0.3 is 10.1 Å². The lowest BCUT2D eigenvalue weighted by Gasteiger charge is -2.29. The van der Waals surface area contributed by atoms with Crippen LogP contribution in [0.25, 0.3) is 0 Å². The largest absolute Gasteiger partial charge is 0.474 e. The fourth-order valence-electron chi connectivity index (χ4n) is 1.74. The molecule has 0 saturated carbocycles. The highest BCUT2D eigenvalue weighted by molar-refractivity contribution is 5.09. The number of rotatable bonds is 2. The van der Waals surface area contributed by atoms with E-state index in [1.54, 1.807) is 6.20 Å². The third-order valence-corrected chi connectivity index (χ3v) is 2.62. The highest BCUT2D eigenvalue weighted by Crippen LogP contribution is 2.17. The molecule has 1 aromatic rings. The normalized spacial score (nSPS) is 27.2. The highest BCUT2D eigenvalue weighted by Gasteiger charge is 2.22. The van der Waals surface area contributed by atoms with Gasteiger partial charge in [-0.3, -0.25) is 0 Å². The predicted molar refractivity (Wildman–Crippen MR) is 55.3 cm³/mol. The molecule has 14 heavy (non-hydrogen) atoms. The average molecular weight is 192 g/mol. The van der Waals surface area contributed by atoms with E-state index >= 15 is 0 Å². The topological polar surface area (TPSA) is 34.1 Å². The summed E-state index contributed by atoms with van der Waals surface area (Å²) in [5.41, 5.74) is 0. The van der Waals surface area contributed by atoms with Crippen LogP contribution in [0.1, 0.15) is 13.3 Å². The molecule has 1 fully saturated rings. The van der Waals surface area contributed by atoms with E-state index in [0.29, 0.717) is 12.0 Å². The van der Waals surface area contributed by atoms with Gasteiger partial charge in [-0.25, -0.2) is 4.98 Å². The molecule has 3 heteroatoms. The van der Waals surface area contributed by atoms with E-state index in [-0.39, 0.29) is 0 Å². The Bertz CT molecular complexity index is 276. The number of nitrogens with one attached hydrogen (secondary N) is 1. The van der Waals surface area contributed by atoms with Crippen LogP contribution in [0.2, 0.25) is 0 Å². The lowest BCUT2D eigenvalue weighted by molar-refractivity contribution is 0.107. The van der Waals surface area contributed by atoms with Crippen molar-refractivity contribution in [2.45, 2.75) is 19.4 Å². The Morgan fingerprint density at radius 2 is 2.43 bits per heavy atom. The van der Waals surface area contributed by atoms with Crippen LogP contribution in [-0.4, -0.2) is 24.2 Å². The minimum absolute atomic E-state index is 0.311. The summed E-state index contributed by atoms with van der Waals surface area (Å²) in [6.45, 7) is 4.29. The lowest BCUT2D eigenvalue weighted by Crippen LogP contribution is -2.41. The second-order valence-corrected chi connectivity index (χ2v) is 3.79. The van der Waals surface area contributed by atoms with E-state index in [9.17, 15) is 0 Å². The van der Waals surface area contributed by atoms with Crippen LogP contribution in [0.4, 0.5) is 0 Å². The lowest BCUT2D eigenvalue weighted by atomic mass is 9.98. The second-order valence-electron chi connectivity index (χ2n) is 3.79. The highest BCUT2D eigenvalue weighted by atomic mass is 16.5. The molecule has 2 atom stereocenters. The van der Waals surface area contributed by atoms with Crippen molar-refractivity contribution in [3.8, 4) is 5.88 Å². The summed E-state index contributed by atoms with van der Waals surface area (Å²) < 4.78 is 5.82. The molecule has 0 amide bonds. The van der Waals surface area contributed by atoms with Crippen molar-refractivity contribution in [1.29, 1.82) is 0 Å². The third kappa shape index (κ3) is 2.23. The molecule has 0 bridgehead atoms. The minimum Gasteiger partial charge on any atom is -0.474 e. The van der Waals surface area contributed by atoms with Crippen LogP contribution < -0.4 is 10.1 Å². The zero-order valence-electron chi connectivity index (χ0n) is 8.44. The number of nitrogens with zero attached hydrogens (tertiary/aromatic N) is 1. The summed E-state index contributed by atoms with van der Waals surface area (Å²) in [6.07, 6.45) is 3.14. The Morgan fingerprint density at radius 1 is 1.50 bits per heavy atom. The van der Waals surface area contributed by atoms with Gasteiger partial charge >= 0.3 is 0 Å². The number of ether oxygens (including phenoxy) is 1. The quantitative estimate of drug-likeness (QED) is 0.770.